The van der Waals surface area contributed by atoms with E-state index >= 15 is 0 Å². The van der Waals surface area contributed by atoms with Gasteiger partial charge in [0.25, 0.3) is 0 Å². The molecule has 0 saturated carbocycles. The Bertz CT molecular complexity index is 1230. The predicted octanol–water partition coefficient (Wildman–Crippen LogP) is 1.92. The Balaban J connectivity index is 1.62. The number of rotatable bonds is 8. The van der Waals surface area contributed by atoms with Crippen molar-refractivity contribution in [2.24, 2.45) is 0 Å². The number of aromatic nitrogens is 1. The van der Waals surface area contributed by atoms with Gasteiger partial charge in [0.1, 0.15) is 30.0 Å². The lowest BCUT2D eigenvalue weighted by Crippen LogP contribution is -2.65. The molecule has 1 aromatic heterocycles. The summed E-state index contributed by atoms with van der Waals surface area (Å²) in [6.07, 6.45) is 4.99. The van der Waals surface area contributed by atoms with E-state index in [2.05, 4.69) is 20.9 Å². The van der Waals surface area contributed by atoms with Gasteiger partial charge in [-0.2, -0.15) is 0 Å². The average Bonchev–Trinajstić information content (AvgIpc) is 3.46. The number of nitrogens with zero attached hydrogens (tertiary/aromatic N) is 2. The second-order valence-corrected chi connectivity index (χ2v) is 10.7. The van der Waals surface area contributed by atoms with E-state index in [1.54, 1.807) is 20.0 Å². The highest BCUT2D eigenvalue weighted by Gasteiger charge is 2.43. The summed E-state index contributed by atoms with van der Waals surface area (Å²) in [6.45, 7) is 3.77. The van der Waals surface area contributed by atoms with E-state index in [4.69, 9.17) is 0 Å². The van der Waals surface area contributed by atoms with Crippen LogP contribution in [0.3, 0.4) is 0 Å². The monoisotopic (exact) mass is 547 g/mol. The van der Waals surface area contributed by atoms with Gasteiger partial charge in [-0.05, 0) is 56.7 Å². The highest BCUT2D eigenvalue weighted by atomic mass is 16.2. The molecule has 212 valence electrons. The average molecular weight is 548 g/mol. The molecule has 0 aliphatic carbocycles. The van der Waals surface area contributed by atoms with Crippen molar-refractivity contribution in [3.05, 3.63) is 54.2 Å². The standard InChI is InChI=1S/C30H37N5O5/c1-3-30(2)29(40)33-24(19-20-12-14-21(15-13-20)22-9-4-6-16-31-22)28(39)35-17-8-11-25(35)27(38)32-23(26(37)34-30)10-5-7-18-36/h4,6,9,12-16,18,23-25H,3,5,7-8,10-11,17,19H2,1-2H3,(H,32,38)(H,33,40)(H,34,37)/t23-,24-,25+,30-/m0/s1. The van der Waals surface area contributed by atoms with Crippen LogP contribution in [-0.2, 0) is 30.4 Å². The van der Waals surface area contributed by atoms with Crippen LogP contribution >= 0.6 is 0 Å². The molecular weight excluding hydrogens is 510 g/mol. The number of pyridine rings is 1. The maximum Gasteiger partial charge on any atom is 0.246 e. The lowest BCUT2D eigenvalue weighted by atomic mass is 9.94. The van der Waals surface area contributed by atoms with Crippen LogP contribution in [0.15, 0.2) is 48.7 Å². The van der Waals surface area contributed by atoms with E-state index in [9.17, 15) is 24.0 Å². The summed E-state index contributed by atoms with van der Waals surface area (Å²) in [6, 6.07) is 10.7. The van der Waals surface area contributed by atoms with Gasteiger partial charge in [0.05, 0.1) is 5.69 Å². The van der Waals surface area contributed by atoms with Crippen LogP contribution in [0, 0.1) is 0 Å². The highest BCUT2D eigenvalue weighted by molar-refractivity contribution is 5.99. The maximum absolute atomic E-state index is 13.9. The summed E-state index contributed by atoms with van der Waals surface area (Å²) in [4.78, 5) is 70.8. The predicted molar refractivity (Wildman–Crippen MR) is 149 cm³/mol. The quantitative estimate of drug-likeness (QED) is 0.341. The van der Waals surface area contributed by atoms with Crippen molar-refractivity contribution in [3.8, 4) is 11.3 Å². The van der Waals surface area contributed by atoms with E-state index in [-0.39, 0.29) is 31.6 Å². The van der Waals surface area contributed by atoms with Crippen LogP contribution in [0.25, 0.3) is 11.3 Å². The minimum atomic E-state index is -1.31. The molecule has 2 fully saturated rings. The molecule has 2 aliphatic heterocycles. The van der Waals surface area contributed by atoms with Gasteiger partial charge < -0.3 is 25.6 Å². The number of amides is 4. The van der Waals surface area contributed by atoms with Crippen LogP contribution in [0.1, 0.15) is 57.9 Å². The van der Waals surface area contributed by atoms with Crippen LogP contribution < -0.4 is 16.0 Å². The van der Waals surface area contributed by atoms with Crippen molar-refractivity contribution < 1.29 is 24.0 Å². The minimum Gasteiger partial charge on any atom is -0.343 e. The lowest BCUT2D eigenvalue weighted by Gasteiger charge is -2.35. The number of aldehydes is 1. The van der Waals surface area contributed by atoms with Crippen molar-refractivity contribution in [1.29, 1.82) is 0 Å². The van der Waals surface area contributed by atoms with Gasteiger partial charge >= 0.3 is 0 Å². The highest BCUT2D eigenvalue weighted by Crippen LogP contribution is 2.23. The summed E-state index contributed by atoms with van der Waals surface area (Å²) >= 11 is 0. The van der Waals surface area contributed by atoms with Crippen molar-refractivity contribution in [3.63, 3.8) is 0 Å². The number of carbonyl (C=O) groups excluding carboxylic acids is 5. The van der Waals surface area contributed by atoms with Crippen molar-refractivity contribution in [1.82, 2.24) is 25.8 Å². The summed E-state index contributed by atoms with van der Waals surface area (Å²) in [7, 11) is 0. The topological polar surface area (TPSA) is 138 Å². The number of hydrogen-bond acceptors (Lipinski definition) is 6. The SMILES string of the molecule is CC[C@]1(C)NC(=O)[C@H](CCCC=O)NC(=O)[C@H]2CCCN2C(=O)[C@H](Cc2ccc(-c3ccccn3)cc2)NC1=O. The third kappa shape index (κ3) is 6.55. The maximum atomic E-state index is 13.9. The molecule has 2 aromatic rings. The third-order valence-electron chi connectivity index (χ3n) is 7.85. The van der Waals surface area contributed by atoms with E-state index in [1.165, 1.54) is 4.90 Å². The van der Waals surface area contributed by atoms with Gasteiger partial charge in [-0.15, -0.1) is 0 Å². The second-order valence-electron chi connectivity index (χ2n) is 10.7. The Morgan fingerprint density at radius 1 is 1.02 bits per heavy atom. The number of nitrogens with one attached hydrogen (secondary N) is 3. The second kappa shape index (κ2) is 12.8. The molecule has 4 rings (SSSR count). The van der Waals surface area contributed by atoms with Crippen LogP contribution in [0.4, 0.5) is 0 Å². The molecule has 3 heterocycles. The number of carbonyl (C=O) groups is 5. The van der Waals surface area contributed by atoms with E-state index in [1.807, 2.05) is 42.5 Å². The molecule has 0 spiro atoms. The van der Waals surface area contributed by atoms with Crippen LogP contribution in [-0.4, -0.2) is 70.0 Å². The zero-order valence-electron chi connectivity index (χ0n) is 23.0. The molecule has 2 saturated heterocycles. The zero-order chi connectivity index (χ0) is 28.7. The Kier molecular flexibility index (Phi) is 9.29. The molecule has 0 unspecified atom stereocenters. The first-order valence-corrected chi connectivity index (χ1v) is 13.9. The molecule has 4 atom stereocenters. The molecule has 1 aromatic carbocycles. The molecule has 40 heavy (non-hydrogen) atoms. The van der Waals surface area contributed by atoms with Crippen LogP contribution in [0.2, 0.25) is 0 Å². The molecular formula is C30H37N5O5. The molecule has 10 nitrogen and oxygen atoms in total. The van der Waals surface area contributed by atoms with Crippen LogP contribution in [0.5, 0.6) is 0 Å². The number of fused-ring (bicyclic) bond motifs is 1. The van der Waals surface area contributed by atoms with Gasteiger partial charge in [-0.3, -0.25) is 24.2 Å². The molecule has 0 radical (unpaired) electrons. The van der Waals surface area contributed by atoms with E-state index in [0.29, 0.717) is 25.8 Å². The summed E-state index contributed by atoms with van der Waals surface area (Å²) in [5.41, 5.74) is 1.28. The zero-order valence-corrected chi connectivity index (χ0v) is 23.0. The fourth-order valence-corrected chi connectivity index (χ4v) is 5.21. The minimum absolute atomic E-state index is 0.222. The Morgan fingerprint density at radius 3 is 2.48 bits per heavy atom. The van der Waals surface area contributed by atoms with E-state index < -0.39 is 41.4 Å². The van der Waals surface area contributed by atoms with Gasteiger partial charge in [0, 0.05) is 31.1 Å². The number of benzene rings is 1. The van der Waals surface area contributed by atoms with Gasteiger partial charge in [0.15, 0.2) is 0 Å². The number of hydrogen-bond donors (Lipinski definition) is 3. The number of unbranched alkanes of at least 4 members (excludes halogenated alkanes) is 1. The molecule has 10 heteroatoms. The summed E-state index contributed by atoms with van der Waals surface area (Å²) in [5.74, 6) is -1.69. The normalized spacial score (nSPS) is 25.6. The van der Waals surface area contributed by atoms with Gasteiger partial charge in [0.2, 0.25) is 23.6 Å². The molecule has 4 amide bonds. The Hall–Kier alpha value is -4.08. The first kappa shape index (κ1) is 28.9. The largest absolute Gasteiger partial charge is 0.343 e. The third-order valence-corrected chi connectivity index (χ3v) is 7.85. The van der Waals surface area contributed by atoms with Crippen molar-refractivity contribution in [2.45, 2.75) is 82.5 Å². The fraction of sp³-hybridized carbons (Fsp3) is 0.467. The first-order chi connectivity index (χ1) is 19.3. The van der Waals surface area contributed by atoms with Gasteiger partial charge in [-0.25, -0.2) is 0 Å². The fourth-order valence-electron chi connectivity index (χ4n) is 5.21. The smallest absolute Gasteiger partial charge is 0.246 e. The van der Waals surface area contributed by atoms with Gasteiger partial charge in [-0.1, -0.05) is 37.3 Å². The summed E-state index contributed by atoms with van der Waals surface area (Å²) in [5, 5.41) is 8.51. The summed E-state index contributed by atoms with van der Waals surface area (Å²) < 4.78 is 0. The Labute approximate surface area is 234 Å². The molecule has 2 aliphatic rings. The molecule has 3 N–H and O–H groups in total. The van der Waals surface area contributed by atoms with E-state index in [0.717, 1.165) is 23.1 Å². The van der Waals surface area contributed by atoms with Crippen molar-refractivity contribution in [2.75, 3.05) is 6.54 Å². The van der Waals surface area contributed by atoms with Crippen molar-refractivity contribution >= 4 is 29.9 Å². The molecule has 0 bridgehead atoms. The first-order valence-electron chi connectivity index (χ1n) is 13.9. The Morgan fingerprint density at radius 2 is 1.80 bits per heavy atom. The lowest BCUT2D eigenvalue weighted by molar-refractivity contribution is -0.144.